The van der Waals surface area contributed by atoms with E-state index in [2.05, 4.69) is 11.8 Å². The Morgan fingerprint density at radius 3 is 2.31 bits per heavy atom. The van der Waals surface area contributed by atoms with Gasteiger partial charge in [-0.25, -0.2) is 8.42 Å². The lowest BCUT2D eigenvalue weighted by Gasteiger charge is -2.43. The first-order valence-corrected chi connectivity index (χ1v) is 14.5. The Balaban J connectivity index is 1.65. The molecule has 0 aliphatic carbocycles. The molecule has 2 aromatic rings. The van der Waals surface area contributed by atoms with Gasteiger partial charge in [0.15, 0.2) is 0 Å². The van der Waals surface area contributed by atoms with Gasteiger partial charge in [-0.2, -0.15) is 0 Å². The van der Waals surface area contributed by atoms with E-state index in [1.165, 1.54) is 4.31 Å². The number of fused-ring (bicyclic) bond motifs is 1. The average molecular weight is 514 g/mol. The van der Waals surface area contributed by atoms with Crippen LogP contribution < -0.4 is 9.21 Å². The number of carbonyl (C=O) groups excluding carboxylic acids is 1. The molecular formula is C28H39N3O4S. The maximum absolute atomic E-state index is 13.9. The topological polar surface area (TPSA) is 81.2 Å². The molecule has 196 valence electrons. The van der Waals surface area contributed by atoms with Gasteiger partial charge in [-0.1, -0.05) is 32.9 Å². The molecular weight excluding hydrogens is 474 g/mol. The van der Waals surface area contributed by atoms with Crippen LogP contribution in [0, 0.1) is 5.92 Å². The first-order valence-electron chi connectivity index (χ1n) is 13.1. The van der Waals surface area contributed by atoms with Crippen molar-refractivity contribution in [2.75, 3.05) is 35.4 Å². The summed E-state index contributed by atoms with van der Waals surface area (Å²) in [4.78, 5) is 16.1. The number of hydrogen-bond acceptors (Lipinski definition) is 5. The summed E-state index contributed by atoms with van der Waals surface area (Å²) in [7, 11) is -3.83. The van der Waals surface area contributed by atoms with E-state index in [9.17, 15) is 18.3 Å². The average Bonchev–Trinajstić information content (AvgIpc) is 2.87. The predicted molar refractivity (Wildman–Crippen MR) is 144 cm³/mol. The fraction of sp³-hybridized carbons (Fsp3) is 0.536. The van der Waals surface area contributed by atoms with Crippen LogP contribution in [0.5, 0.6) is 0 Å². The van der Waals surface area contributed by atoms with E-state index >= 15 is 0 Å². The highest BCUT2D eigenvalue weighted by Crippen LogP contribution is 2.39. The summed E-state index contributed by atoms with van der Waals surface area (Å²) < 4.78 is 29.3. The summed E-state index contributed by atoms with van der Waals surface area (Å²) >= 11 is 0. The van der Waals surface area contributed by atoms with Crippen molar-refractivity contribution in [3.05, 3.63) is 53.6 Å². The zero-order valence-electron chi connectivity index (χ0n) is 21.9. The number of hydrogen-bond donors (Lipinski definition) is 1. The Morgan fingerprint density at radius 2 is 1.72 bits per heavy atom. The van der Waals surface area contributed by atoms with Crippen molar-refractivity contribution in [3.8, 4) is 0 Å². The minimum absolute atomic E-state index is 0.105. The van der Waals surface area contributed by atoms with Gasteiger partial charge in [0, 0.05) is 50.4 Å². The summed E-state index contributed by atoms with van der Waals surface area (Å²) in [6.07, 6.45) is 2.48. The largest absolute Gasteiger partial charge is 0.388 e. The Kier molecular flexibility index (Phi) is 7.95. The van der Waals surface area contributed by atoms with Gasteiger partial charge in [-0.05, 0) is 67.5 Å². The van der Waals surface area contributed by atoms with Crippen molar-refractivity contribution in [1.82, 2.24) is 4.90 Å². The lowest BCUT2D eigenvalue weighted by Crippen LogP contribution is -2.48. The minimum atomic E-state index is -3.83. The smallest absolute Gasteiger partial charge is 0.264 e. The fourth-order valence-corrected chi connectivity index (χ4v) is 6.99. The highest BCUT2D eigenvalue weighted by molar-refractivity contribution is 7.92. The lowest BCUT2D eigenvalue weighted by molar-refractivity contribution is -0.129. The Hall–Kier alpha value is -2.58. The Morgan fingerprint density at radius 1 is 1.06 bits per heavy atom. The van der Waals surface area contributed by atoms with Crippen molar-refractivity contribution in [2.45, 2.75) is 70.4 Å². The number of anilines is 2. The zero-order valence-corrected chi connectivity index (χ0v) is 22.7. The summed E-state index contributed by atoms with van der Waals surface area (Å²) in [6, 6.07) is 13.2. The minimum Gasteiger partial charge on any atom is -0.388 e. The third-order valence-electron chi connectivity index (χ3n) is 7.41. The number of rotatable bonds is 7. The summed E-state index contributed by atoms with van der Waals surface area (Å²) in [5.74, 6) is 0.248. The van der Waals surface area contributed by atoms with E-state index in [4.69, 9.17) is 0 Å². The molecule has 1 fully saturated rings. The van der Waals surface area contributed by atoms with Crippen LogP contribution in [0.2, 0.25) is 0 Å². The molecule has 1 amide bonds. The highest BCUT2D eigenvalue weighted by Gasteiger charge is 2.33. The summed E-state index contributed by atoms with van der Waals surface area (Å²) in [5, 5.41) is 10.9. The van der Waals surface area contributed by atoms with E-state index in [1.54, 1.807) is 19.1 Å². The quantitative estimate of drug-likeness (QED) is 0.595. The molecule has 1 saturated heterocycles. The van der Waals surface area contributed by atoms with Crippen LogP contribution in [0.4, 0.5) is 11.4 Å². The SMILES string of the molecule is CCc1ccc(N(CC(C)C)S(=O)(=O)c2ccc3c(c2)C(O)CCN3C2CCN(C(C)=O)CC2)cc1. The van der Waals surface area contributed by atoms with E-state index in [-0.39, 0.29) is 22.8 Å². The molecule has 0 saturated carbocycles. The second-order valence-corrected chi connectivity index (χ2v) is 12.3. The standard InChI is InChI=1S/C28H39N3O4S/c1-5-22-6-8-24(9-7-22)31(19-20(2)3)36(34,35)25-10-11-27-26(18-25)28(33)14-17-30(27)23-12-15-29(16-13-23)21(4)32/h6-11,18,20,23,28,33H,5,12-17,19H2,1-4H3. The van der Waals surface area contributed by atoms with Crippen LogP contribution in [0.15, 0.2) is 47.4 Å². The summed E-state index contributed by atoms with van der Waals surface area (Å²) in [5.41, 5.74) is 3.38. The van der Waals surface area contributed by atoms with Crippen LogP contribution in [0.3, 0.4) is 0 Å². The number of amides is 1. The molecule has 0 spiro atoms. The number of aliphatic hydroxyl groups excluding tert-OH is 1. The van der Waals surface area contributed by atoms with Gasteiger partial charge in [0.1, 0.15) is 0 Å². The van der Waals surface area contributed by atoms with Gasteiger partial charge in [-0.3, -0.25) is 9.10 Å². The van der Waals surface area contributed by atoms with E-state index in [0.29, 0.717) is 30.8 Å². The molecule has 2 aliphatic rings. The fourth-order valence-electron chi connectivity index (χ4n) is 5.33. The van der Waals surface area contributed by atoms with Gasteiger partial charge in [-0.15, -0.1) is 0 Å². The van der Waals surface area contributed by atoms with Crippen molar-refractivity contribution in [1.29, 1.82) is 0 Å². The van der Waals surface area contributed by atoms with Crippen molar-refractivity contribution >= 4 is 27.3 Å². The molecule has 7 nitrogen and oxygen atoms in total. The third-order valence-corrected chi connectivity index (χ3v) is 9.20. The van der Waals surface area contributed by atoms with Crippen LogP contribution in [0.1, 0.15) is 64.2 Å². The second kappa shape index (κ2) is 10.8. The first kappa shape index (κ1) is 26.5. The molecule has 0 bridgehead atoms. The normalized spacial score (nSPS) is 18.9. The molecule has 0 radical (unpaired) electrons. The monoisotopic (exact) mass is 513 g/mol. The molecule has 2 aromatic carbocycles. The van der Waals surface area contributed by atoms with Crippen LogP contribution in [-0.2, 0) is 21.2 Å². The van der Waals surface area contributed by atoms with Crippen LogP contribution >= 0.6 is 0 Å². The molecule has 1 N–H and O–H groups in total. The Bertz CT molecular complexity index is 1170. The third kappa shape index (κ3) is 5.39. The van der Waals surface area contributed by atoms with Gasteiger partial charge < -0.3 is 14.9 Å². The number of aliphatic hydroxyl groups is 1. The molecule has 1 atom stereocenters. The molecule has 2 heterocycles. The summed E-state index contributed by atoms with van der Waals surface area (Å²) in [6.45, 7) is 10.2. The number of nitrogens with zero attached hydrogens (tertiary/aromatic N) is 3. The highest BCUT2D eigenvalue weighted by atomic mass is 32.2. The number of carbonyl (C=O) groups is 1. The number of aryl methyl sites for hydroxylation is 1. The van der Waals surface area contributed by atoms with Crippen LogP contribution in [-0.4, -0.2) is 56.6 Å². The zero-order chi connectivity index (χ0) is 26.0. The second-order valence-electron chi connectivity index (χ2n) is 10.4. The number of likely N-dealkylation sites (tertiary alicyclic amines) is 1. The van der Waals surface area contributed by atoms with Crippen molar-refractivity contribution in [2.24, 2.45) is 5.92 Å². The van der Waals surface area contributed by atoms with Crippen LogP contribution in [0.25, 0.3) is 0 Å². The van der Waals surface area contributed by atoms with E-state index < -0.39 is 16.1 Å². The molecule has 36 heavy (non-hydrogen) atoms. The Labute approximate surface area is 215 Å². The number of sulfonamides is 1. The molecule has 0 aromatic heterocycles. The van der Waals surface area contributed by atoms with Crippen molar-refractivity contribution < 1.29 is 18.3 Å². The van der Waals surface area contributed by atoms with E-state index in [0.717, 1.165) is 43.6 Å². The number of piperidine rings is 1. The number of benzene rings is 2. The molecule has 2 aliphatic heterocycles. The van der Waals surface area contributed by atoms with Crippen molar-refractivity contribution in [3.63, 3.8) is 0 Å². The molecule has 1 unspecified atom stereocenters. The maximum atomic E-state index is 13.9. The van der Waals surface area contributed by atoms with Gasteiger partial charge in [0.05, 0.1) is 16.7 Å². The molecule has 4 rings (SSSR count). The lowest BCUT2D eigenvalue weighted by atomic mass is 9.94. The van der Waals surface area contributed by atoms with Gasteiger partial charge >= 0.3 is 0 Å². The van der Waals surface area contributed by atoms with E-state index in [1.807, 2.05) is 49.1 Å². The maximum Gasteiger partial charge on any atom is 0.264 e. The van der Waals surface area contributed by atoms with Gasteiger partial charge in [0.2, 0.25) is 5.91 Å². The predicted octanol–water partition coefficient (Wildman–Crippen LogP) is 4.35. The molecule has 8 heteroatoms. The first-order chi connectivity index (χ1) is 17.1. The van der Waals surface area contributed by atoms with Gasteiger partial charge in [0.25, 0.3) is 10.0 Å².